The number of aryl methyl sites for hydroxylation is 1. The molecule has 1 aromatic carbocycles. The van der Waals surface area contributed by atoms with Gasteiger partial charge >= 0.3 is 0 Å². The maximum absolute atomic E-state index is 8.99. The van der Waals surface area contributed by atoms with E-state index in [9.17, 15) is 0 Å². The van der Waals surface area contributed by atoms with E-state index in [1.54, 1.807) is 18.9 Å². The predicted octanol–water partition coefficient (Wildman–Crippen LogP) is 3.13. The van der Waals surface area contributed by atoms with E-state index in [0.29, 0.717) is 0 Å². The van der Waals surface area contributed by atoms with Gasteiger partial charge < -0.3 is 9.84 Å². The van der Waals surface area contributed by atoms with E-state index in [2.05, 4.69) is 0 Å². The van der Waals surface area contributed by atoms with Crippen LogP contribution in [0.2, 0.25) is 5.02 Å². The van der Waals surface area contributed by atoms with Gasteiger partial charge in [0.05, 0.1) is 18.6 Å². The molecule has 15 heavy (non-hydrogen) atoms. The number of methoxy groups -OCH3 is 1. The van der Waals surface area contributed by atoms with Crippen LogP contribution in [0, 0.1) is 6.92 Å². The van der Waals surface area contributed by atoms with Gasteiger partial charge in [-0.3, -0.25) is 0 Å². The van der Waals surface area contributed by atoms with Gasteiger partial charge in [-0.1, -0.05) is 18.5 Å². The highest BCUT2D eigenvalue weighted by Crippen LogP contribution is 2.35. The Hall–Kier alpha value is -0.380. The van der Waals surface area contributed by atoms with Crippen molar-refractivity contribution in [1.29, 1.82) is 0 Å². The molecule has 4 heteroatoms. The van der Waals surface area contributed by atoms with Crippen LogP contribution < -0.4 is 4.74 Å². The van der Waals surface area contributed by atoms with Crippen LogP contribution in [-0.2, 0) is 0 Å². The molecule has 1 unspecified atom stereocenters. The highest BCUT2D eigenvalue weighted by Gasteiger charge is 2.10. The topological polar surface area (TPSA) is 29.5 Å². The Labute approximate surface area is 99.6 Å². The van der Waals surface area contributed by atoms with Gasteiger partial charge in [-0.05, 0) is 24.6 Å². The standard InChI is InChI=1S/C11H15ClO2S/c1-7-4-10(14-3)11(5-9(7)12)15-8(2)6-13/h4-5,8,13H,6H2,1-3H3. The van der Waals surface area contributed by atoms with Crippen LogP contribution in [0.25, 0.3) is 0 Å². The fourth-order valence-corrected chi connectivity index (χ4v) is 2.32. The molecule has 1 N–H and O–H groups in total. The van der Waals surface area contributed by atoms with Gasteiger partial charge in [0.25, 0.3) is 0 Å². The molecule has 2 nitrogen and oxygen atoms in total. The van der Waals surface area contributed by atoms with Crippen LogP contribution in [0.1, 0.15) is 12.5 Å². The lowest BCUT2D eigenvalue weighted by Crippen LogP contribution is -2.02. The molecule has 1 aromatic rings. The van der Waals surface area contributed by atoms with E-state index in [-0.39, 0.29) is 11.9 Å². The van der Waals surface area contributed by atoms with Crippen molar-refractivity contribution in [1.82, 2.24) is 0 Å². The van der Waals surface area contributed by atoms with Gasteiger partial charge in [-0.15, -0.1) is 11.8 Å². The Kier molecular flexibility index (Phi) is 4.77. The Morgan fingerprint density at radius 1 is 1.53 bits per heavy atom. The van der Waals surface area contributed by atoms with Gasteiger partial charge in [0, 0.05) is 10.3 Å². The summed E-state index contributed by atoms with van der Waals surface area (Å²) in [5.74, 6) is 0.808. The van der Waals surface area contributed by atoms with E-state index >= 15 is 0 Å². The van der Waals surface area contributed by atoms with Gasteiger partial charge in [-0.25, -0.2) is 0 Å². The number of aliphatic hydroxyl groups is 1. The molecule has 0 heterocycles. The van der Waals surface area contributed by atoms with Crippen LogP contribution in [0.4, 0.5) is 0 Å². The van der Waals surface area contributed by atoms with Crippen molar-refractivity contribution in [3.63, 3.8) is 0 Å². The minimum Gasteiger partial charge on any atom is -0.496 e. The van der Waals surface area contributed by atoms with Crippen LogP contribution >= 0.6 is 23.4 Å². The van der Waals surface area contributed by atoms with Crippen LogP contribution in [-0.4, -0.2) is 24.1 Å². The van der Waals surface area contributed by atoms with Crippen molar-refractivity contribution in [3.05, 3.63) is 22.7 Å². The minimum absolute atomic E-state index is 0.137. The maximum Gasteiger partial charge on any atom is 0.132 e. The number of hydrogen-bond acceptors (Lipinski definition) is 3. The quantitative estimate of drug-likeness (QED) is 0.828. The third-order valence-corrected chi connectivity index (χ3v) is 3.56. The lowest BCUT2D eigenvalue weighted by atomic mass is 10.2. The number of rotatable bonds is 4. The average Bonchev–Trinajstić information content (AvgIpc) is 2.22. The molecule has 0 spiro atoms. The third kappa shape index (κ3) is 3.30. The largest absolute Gasteiger partial charge is 0.496 e. The molecule has 0 aliphatic rings. The lowest BCUT2D eigenvalue weighted by Gasteiger charge is -2.13. The molecule has 0 saturated heterocycles. The fourth-order valence-electron chi connectivity index (χ4n) is 1.14. The monoisotopic (exact) mass is 246 g/mol. The summed E-state index contributed by atoms with van der Waals surface area (Å²) in [5.41, 5.74) is 0.995. The van der Waals surface area contributed by atoms with Crippen molar-refractivity contribution in [3.8, 4) is 5.75 Å². The molecule has 0 bridgehead atoms. The van der Waals surface area contributed by atoms with E-state index in [0.717, 1.165) is 21.2 Å². The maximum atomic E-state index is 8.99. The summed E-state index contributed by atoms with van der Waals surface area (Å²) in [5, 5.41) is 9.85. The fraction of sp³-hybridized carbons (Fsp3) is 0.455. The average molecular weight is 247 g/mol. The first-order valence-corrected chi connectivity index (χ1v) is 5.96. The summed E-state index contributed by atoms with van der Waals surface area (Å²) in [7, 11) is 1.64. The van der Waals surface area contributed by atoms with Crippen molar-refractivity contribution < 1.29 is 9.84 Å². The number of halogens is 1. The van der Waals surface area contributed by atoms with Crippen molar-refractivity contribution in [2.24, 2.45) is 0 Å². The first-order valence-electron chi connectivity index (χ1n) is 4.70. The second-order valence-electron chi connectivity index (χ2n) is 3.36. The van der Waals surface area contributed by atoms with E-state index in [4.69, 9.17) is 21.4 Å². The number of ether oxygens (including phenoxy) is 1. The second-order valence-corrected chi connectivity index (χ2v) is 5.25. The van der Waals surface area contributed by atoms with Crippen LogP contribution in [0.15, 0.2) is 17.0 Å². The number of aliphatic hydroxyl groups excluding tert-OH is 1. The summed E-state index contributed by atoms with van der Waals surface area (Å²) >= 11 is 7.60. The van der Waals surface area contributed by atoms with Gasteiger partial charge in [0.2, 0.25) is 0 Å². The molecule has 0 aromatic heterocycles. The molecule has 0 aliphatic heterocycles. The SMILES string of the molecule is COc1cc(C)c(Cl)cc1SC(C)CO. The Balaban J connectivity index is 2.99. The van der Waals surface area contributed by atoms with E-state index in [1.807, 2.05) is 26.0 Å². The summed E-state index contributed by atoms with van der Waals surface area (Å²) in [4.78, 5) is 0.967. The Bertz CT molecular complexity index is 342. The van der Waals surface area contributed by atoms with E-state index < -0.39 is 0 Å². The van der Waals surface area contributed by atoms with Crippen molar-refractivity contribution in [2.45, 2.75) is 24.0 Å². The third-order valence-electron chi connectivity index (χ3n) is 2.03. The van der Waals surface area contributed by atoms with Crippen LogP contribution in [0.3, 0.4) is 0 Å². The summed E-state index contributed by atoms with van der Waals surface area (Å²) in [6.07, 6.45) is 0. The Morgan fingerprint density at radius 3 is 2.73 bits per heavy atom. The van der Waals surface area contributed by atoms with E-state index in [1.165, 1.54) is 0 Å². The van der Waals surface area contributed by atoms with Crippen molar-refractivity contribution >= 4 is 23.4 Å². The van der Waals surface area contributed by atoms with Crippen molar-refractivity contribution in [2.75, 3.05) is 13.7 Å². The summed E-state index contributed by atoms with van der Waals surface area (Å²) < 4.78 is 5.27. The molecule has 1 atom stereocenters. The zero-order valence-corrected chi connectivity index (χ0v) is 10.7. The highest BCUT2D eigenvalue weighted by molar-refractivity contribution is 8.00. The number of thioether (sulfide) groups is 1. The molecule has 84 valence electrons. The molecule has 0 fully saturated rings. The highest BCUT2D eigenvalue weighted by atomic mass is 35.5. The molecule has 0 saturated carbocycles. The minimum atomic E-state index is 0.137. The zero-order chi connectivity index (χ0) is 11.4. The predicted molar refractivity (Wildman–Crippen MR) is 65.1 cm³/mol. The molecule has 0 aliphatic carbocycles. The first-order chi connectivity index (χ1) is 7.08. The first kappa shape index (κ1) is 12.7. The van der Waals surface area contributed by atoms with Crippen LogP contribution in [0.5, 0.6) is 5.75 Å². The van der Waals surface area contributed by atoms with Gasteiger partial charge in [0.15, 0.2) is 0 Å². The molecule has 1 rings (SSSR count). The summed E-state index contributed by atoms with van der Waals surface area (Å²) in [6.45, 7) is 4.03. The smallest absolute Gasteiger partial charge is 0.132 e. The molecule has 0 amide bonds. The molecular formula is C11H15ClO2S. The molecular weight excluding hydrogens is 232 g/mol. The molecule has 0 radical (unpaired) electrons. The van der Waals surface area contributed by atoms with Gasteiger partial charge in [0.1, 0.15) is 5.75 Å². The second kappa shape index (κ2) is 5.64. The normalized spacial score (nSPS) is 12.6. The number of benzene rings is 1. The Morgan fingerprint density at radius 2 is 2.20 bits per heavy atom. The zero-order valence-electron chi connectivity index (χ0n) is 9.08. The van der Waals surface area contributed by atoms with Gasteiger partial charge in [-0.2, -0.15) is 0 Å². The summed E-state index contributed by atoms with van der Waals surface area (Å²) in [6, 6.07) is 3.79. The lowest BCUT2D eigenvalue weighted by molar-refractivity contribution is 0.300. The number of hydrogen-bond donors (Lipinski definition) is 1.